The van der Waals surface area contributed by atoms with Crippen molar-refractivity contribution in [2.45, 2.75) is 45.7 Å². The highest BCUT2D eigenvalue weighted by Gasteiger charge is 2.22. The van der Waals surface area contributed by atoms with Crippen molar-refractivity contribution >= 4 is 41.0 Å². The zero-order valence-electron chi connectivity index (χ0n) is 19.0. The molecule has 0 spiro atoms. The van der Waals surface area contributed by atoms with Gasteiger partial charge in [-0.05, 0) is 43.5 Å². The number of ether oxygens (including phenoxy) is 2. The summed E-state index contributed by atoms with van der Waals surface area (Å²) in [7, 11) is 0. The lowest BCUT2D eigenvalue weighted by Crippen LogP contribution is -2.42. The molecular weight excluding hydrogens is 467 g/mol. The zero-order valence-corrected chi connectivity index (χ0v) is 20.5. The maximum absolute atomic E-state index is 11.7. The molecule has 0 saturated carbocycles. The Hall–Kier alpha value is -2.61. The van der Waals surface area contributed by atoms with E-state index >= 15 is 0 Å². The predicted molar refractivity (Wildman–Crippen MR) is 129 cm³/mol. The Balaban J connectivity index is 0.000000335. The van der Waals surface area contributed by atoms with E-state index in [-0.39, 0.29) is 12.5 Å². The molecule has 2 atom stereocenters. The molecule has 180 valence electrons. The quantitative estimate of drug-likeness (QED) is 0.512. The Bertz CT molecular complexity index is 923. The second-order valence-electron chi connectivity index (χ2n) is 6.95. The molecule has 2 aromatic carbocycles. The van der Waals surface area contributed by atoms with Crippen LogP contribution in [0.3, 0.4) is 0 Å². The van der Waals surface area contributed by atoms with Crippen LogP contribution < -0.4 is 11.1 Å². The van der Waals surface area contributed by atoms with Gasteiger partial charge in [-0.15, -0.1) is 0 Å². The molecule has 0 aromatic heterocycles. The molecule has 0 aliphatic rings. The molecule has 33 heavy (non-hydrogen) atoms. The van der Waals surface area contributed by atoms with Gasteiger partial charge in [0.1, 0.15) is 12.1 Å². The molecule has 2 rings (SSSR count). The predicted octanol–water partition coefficient (Wildman–Crippen LogP) is 3.72. The third-order valence-electron chi connectivity index (χ3n) is 4.32. The summed E-state index contributed by atoms with van der Waals surface area (Å²) in [6.07, 6.45) is 0.719. The molecule has 0 radical (unpaired) electrons. The minimum atomic E-state index is -0.706. The van der Waals surface area contributed by atoms with Crippen molar-refractivity contribution in [3.05, 3.63) is 69.7 Å². The Morgan fingerprint density at radius 3 is 1.76 bits per heavy atom. The second-order valence-corrected chi connectivity index (χ2v) is 7.77. The van der Waals surface area contributed by atoms with E-state index in [1.54, 1.807) is 26.0 Å². The van der Waals surface area contributed by atoms with Crippen LogP contribution >= 0.6 is 23.2 Å². The van der Waals surface area contributed by atoms with Crippen LogP contribution in [0, 0.1) is 0 Å². The molecule has 9 heteroatoms. The van der Waals surface area contributed by atoms with Crippen molar-refractivity contribution in [1.29, 1.82) is 0 Å². The summed E-state index contributed by atoms with van der Waals surface area (Å²) in [5.41, 5.74) is 7.33. The van der Waals surface area contributed by atoms with E-state index < -0.39 is 24.0 Å². The number of rotatable bonds is 9. The highest BCUT2D eigenvalue weighted by Crippen LogP contribution is 2.17. The Morgan fingerprint density at radius 2 is 1.30 bits per heavy atom. The molecule has 0 aliphatic carbocycles. The fourth-order valence-corrected chi connectivity index (χ4v) is 3.22. The molecular formula is C24H30Cl2N2O5. The van der Waals surface area contributed by atoms with Gasteiger partial charge in [-0.2, -0.15) is 0 Å². The van der Waals surface area contributed by atoms with Crippen LogP contribution in [0.1, 0.15) is 31.9 Å². The minimum absolute atomic E-state index is 0.275. The number of hydrogen-bond acceptors (Lipinski definition) is 6. The first kappa shape index (κ1) is 28.4. The zero-order chi connectivity index (χ0) is 24.8. The van der Waals surface area contributed by atoms with Crippen LogP contribution in [-0.4, -0.2) is 43.1 Å². The van der Waals surface area contributed by atoms with Crippen molar-refractivity contribution in [1.82, 2.24) is 5.32 Å². The topological polar surface area (TPSA) is 108 Å². The Morgan fingerprint density at radius 1 is 0.848 bits per heavy atom. The normalized spacial score (nSPS) is 11.9. The fraction of sp³-hybridized carbons (Fsp3) is 0.375. The number of nitrogens with one attached hydrogen (secondary N) is 1. The average molecular weight is 497 g/mol. The number of esters is 2. The molecule has 0 aliphatic heterocycles. The maximum Gasteiger partial charge on any atom is 0.328 e. The summed E-state index contributed by atoms with van der Waals surface area (Å²) in [6, 6.07) is 13.2. The van der Waals surface area contributed by atoms with E-state index in [9.17, 15) is 14.4 Å². The van der Waals surface area contributed by atoms with E-state index in [2.05, 4.69) is 5.32 Å². The van der Waals surface area contributed by atoms with Crippen LogP contribution in [0.25, 0.3) is 0 Å². The van der Waals surface area contributed by atoms with E-state index in [4.69, 9.17) is 38.4 Å². The Labute approximate surface area is 204 Å². The summed E-state index contributed by atoms with van der Waals surface area (Å²) in [5, 5.41) is 3.76. The largest absolute Gasteiger partial charge is 0.465 e. The first-order valence-electron chi connectivity index (χ1n) is 10.5. The van der Waals surface area contributed by atoms with Gasteiger partial charge >= 0.3 is 11.9 Å². The molecule has 1 amide bonds. The summed E-state index contributed by atoms with van der Waals surface area (Å²) >= 11 is 12.0. The van der Waals surface area contributed by atoms with Gasteiger partial charge < -0.3 is 20.5 Å². The summed E-state index contributed by atoms with van der Waals surface area (Å²) in [6.45, 7) is 5.45. The fourth-order valence-electron chi connectivity index (χ4n) is 2.80. The highest BCUT2D eigenvalue weighted by molar-refractivity contribution is 6.31. The molecule has 0 heterocycles. The molecule has 2 aromatic rings. The third kappa shape index (κ3) is 10.7. The van der Waals surface area contributed by atoms with Crippen molar-refractivity contribution in [2.24, 2.45) is 5.73 Å². The molecule has 7 nitrogen and oxygen atoms in total. The van der Waals surface area contributed by atoms with Crippen molar-refractivity contribution < 1.29 is 23.9 Å². The maximum atomic E-state index is 11.7. The van der Waals surface area contributed by atoms with E-state index in [0.717, 1.165) is 11.1 Å². The Kier molecular flexibility index (Phi) is 13.1. The van der Waals surface area contributed by atoms with Crippen LogP contribution in [0.5, 0.6) is 0 Å². The monoisotopic (exact) mass is 496 g/mol. The number of carbonyl (C=O) groups is 3. The van der Waals surface area contributed by atoms with Gasteiger partial charge in [0, 0.05) is 23.4 Å². The minimum Gasteiger partial charge on any atom is -0.465 e. The first-order chi connectivity index (χ1) is 15.7. The third-order valence-corrected chi connectivity index (χ3v) is 5.05. The lowest BCUT2D eigenvalue weighted by atomic mass is 10.1. The van der Waals surface area contributed by atoms with Gasteiger partial charge in [0.2, 0.25) is 5.91 Å². The summed E-state index contributed by atoms with van der Waals surface area (Å²) in [5.74, 6) is -1.12. The van der Waals surface area contributed by atoms with Crippen molar-refractivity contribution in [3.8, 4) is 0 Å². The molecule has 0 fully saturated rings. The van der Waals surface area contributed by atoms with Crippen LogP contribution in [0.4, 0.5) is 0 Å². The molecule has 3 N–H and O–H groups in total. The second kappa shape index (κ2) is 15.3. The van der Waals surface area contributed by atoms with Crippen LogP contribution in [-0.2, 0) is 36.7 Å². The van der Waals surface area contributed by atoms with Gasteiger partial charge in [-0.3, -0.25) is 9.59 Å². The van der Waals surface area contributed by atoms with Gasteiger partial charge in [-0.25, -0.2) is 4.79 Å². The molecule has 0 unspecified atom stereocenters. The summed E-state index contributed by atoms with van der Waals surface area (Å²) < 4.78 is 9.73. The van der Waals surface area contributed by atoms with Crippen molar-refractivity contribution in [3.63, 3.8) is 0 Å². The van der Waals surface area contributed by atoms with Gasteiger partial charge in [-0.1, -0.05) is 59.6 Å². The number of benzene rings is 2. The summed E-state index contributed by atoms with van der Waals surface area (Å²) in [4.78, 5) is 34.1. The van der Waals surface area contributed by atoms with E-state index in [1.807, 2.05) is 36.4 Å². The number of nitrogens with two attached hydrogens (primary N) is 1. The lowest BCUT2D eigenvalue weighted by molar-refractivity contribution is -0.147. The van der Waals surface area contributed by atoms with Crippen LogP contribution in [0.2, 0.25) is 10.0 Å². The highest BCUT2D eigenvalue weighted by atomic mass is 35.5. The van der Waals surface area contributed by atoms with E-state index in [0.29, 0.717) is 29.5 Å². The van der Waals surface area contributed by atoms with Crippen LogP contribution in [0.15, 0.2) is 48.5 Å². The standard InChI is InChI=1S/C13H16ClNO3.C11H14ClNO2/c1-3-18-13(17)12(15-9(2)16)8-10-6-4-5-7-11(10)14;1-2-15-11(14)10(13)7-8-5-3-4-6-9(8)12/h4-7,12H,3,8H2,1-2H3,(H,15,16);3-6,10H,2,7,13H2,1H3/t12-;10-/m00/s1. The van der Waals surface area contributed by atoms with Gasteiger partial charge in [0.25, 0.3) is 0 Å². The number of halogens is 2. The average Bonchev–Trinajstić information content (AvgIpc) is 2.77. The number of amides is 1. The molecule has 0 bridgehead atoms. The van der Waals surface area contributed by atoms with Gasteiger partial charge in [0.15, 0.2) is 0 Å². The smallest absolute Gasteiger partial charge is 0.328 e. The van der Waals surface area contributed by atoms with Crippen molar-refractivity contribution in [2.75, 3.05) is 13.2 Å². The number of carbonyl (C=O) groups excluding carboxylic acids is 3. The van der Waals surface area contributed by atoms with E-state index in [1.165, 1.54) is 6.92 Å². The number of hydrogen-bond donors (Lipinski definition) is 2. The lowest BCUT2D eigenvalue weighted by Gasteiger charge is -2.16. The first-order valence-corrected chi connectivity index (χ1v) is 11.3. The molecule has 0 saturated heterocycles. The van der Waals surface area contributed by atoms with Gasteiger partial charge in [0.05, 0.1) is 13.2 Å². The SMILES string of the molecule is CCOC(=O)[C@@H](N)Cc1ccccc1Cl.CCOC(=O)[C@H](Cc1ccccc1Cl)NC(C)=O.